The SMILES string of the molecule is COc1ccc(Nc2nnc(SC[C@H](C)C#N)s2)cc1. The second kappa shape index (κ2) is 7.12. The zero-order valence-corrected chi connectivity index (χ0v) is 12.8. The van der Waals surface area contributed by atoms with Crippen molar-refractivity contribution in [1.82, 2.24) is 10.2 Å². The largest absolute Gasteiger partial charge is 0.497 e. The number of hydrogen-bond acceptors (Lipinski definition) is 7. The molecule has 0 aliphatic rings. The van der Waals surface area contributed by atoms with Crippen molar-refractivity contribution in [1.29, 1.82) is 5.26 Å². The molecule has 0 unspecified atom stereocenters. The quantitative estimate of drug-likeness (QED) is 0.823. The minimum Gasteiger partial charge on any atom is -0.497 e. The van der Waals surface area contributed by atoms with Gasteiger partial charge in [-0.1, -0.05) is 23.1 Å². The molecule has 0 amide bonds. The number of nitrogens with one attached hydrogen (secondary N) is 1. The van der Waals surface area contributed by atoms with Crippen molar-refractivity contribution in [2.45, 2.75) is 11.3 Å². The number of nitrogens with zero attached hydrogens (tertiary/aromatic N) is 3. The number of hydrogen-bond donors (Lipinski definition) is 1. The van der Waals surface area contributed by atoms with Crippen LogP contribution >= 0.6 is 23.1 Å². The molecular weight excluding hydrogens is 292 g/mol. The summed E-state index contributed by atoms with van der Waals surface area (Å²) in [4.78, 5) is 0. The van der Waals surface area contributed by atoms with E-state index in [9.17, 15) is 0 Å². The van der Waals surface area contributed by atoms with E-state index in [0.717, 1.165) is 26.7 Å². The van der Waals surface area contributed by atoms with Gasteiger partial charge in [0.25, 0.3) is 0 Å². The van der Waals surface area contributed by atoms with E-state index in [2.05, 4.69) is 21.6 Å². The van der Waals surface area contributed by atoms with Gasteiger partial charge in [-0.25, -0.2) is 0 Å². The van der Waals surface area contributed by atoms with E-state index >= 15 is 0 Å². The van der Waals surface area contributed by atoms with E-state index in [-0.39, 0.29) is 5.92 Å². The molecule has 2 rings (SSSR count). The number of nitriles is 1. The van der Waals surface area contributed by atoms with Gasteiger partial charge in [0, 0.05) is 11.4 Å². The first kappa shape index (κ1) is 14.6. The summed E-state index contributed by atoms with van der Waals surface area (Å²) in [6.45, 7) is 1.89. The minimum absolute atomic E-state index is 0.0156. The van der Waals surface area contributed by atoms with Crippen molar-refractivity contribution in [3.8, 4) is 11.8 Å². The molecular formula is C13H14N4OS2. The van der Waals surface area contributed by atoms with Crippen LogP contribution in [0.25, 0.3) is 0 Å². The highest BCUT2D eigenvalue weighted by Gasteiger charge is 2.07. The zero-order chi connectivity index (χ0) is 14.4. The summed E-state index contributed by atoms with van der Waals surface area (Å²) < 4.78 is 5.97. The van der Waals surface area contributed by atoms with Crippen LogP contribution in [-0.2, 0) is 0 Å². The fourth-order valence-electron chi connectivity index (χ4n) is 1.35. The van der Waals surface area contributed by atoms with Crippen LogP contribution < -0.4 is 10.1 Å². The lowest BCUT2D eigenvalue weighted by molar-refractivity contribution is 0.415. The van der Waals surface area contributed by atoms with Crippen LogP contribution in [0.4, 0.5) is 10.8 Å². The lowest BCUT2D eigenvalue weighted by Crippen LogP contribution is -1.92. The molecule has 2 aromatic rings. The third kappa shape index (κ3) is 4.11. The first-order chi connectivity index (χ1) is 9.71. The highest BCUT2D eigenvalue weighted by Crippen LogP contribution is 2.29. The molecule has 1 aromatic carbocycles. The van der Waals surface area contributed by atoms with E-state index in [1.807, 2.05) is 31.2 Å². The number of ether oxygens (including phenoxy) is 1. The Morgan fingerprint density at radius 1 is 1.40 bits per heavy atom. The molecule has 20 heavy (non-hydrogen) atoms. The molecule has 0 bridgehead atoms. The van der Waals surface area contributed by atoms with Crippen molar-refractivity contribution in [3.63, 3.8) is 0 Å². The number of thioether (sulfide) groups is 1. The van der Waals surface area contributed by atoms with Crippen molar-refractivity contribution in [3.05, 3.63) is 24.3 Å². The molecule has 0 spiro atoms. The maximum atomic E-state index is 8.74. The standard InChI is InChI=1S/C13H14N4OS2/c1-9(7-14)8-19-13-17-16-12(20-13)15-10-3-5-11(18-2)6-4-10/h3-6,9H,8H2,1-2H3,(H,15,16)/t9-/m1/s1. The van der Waals surface area contributed by atoms with E-state index < -0.39 is 0 Å². The number of rotatable bonds is 6. The topological polar surface area (TPSA) is 70.8 Å². The van der Waals surface area contributed by atoms with Gasteiger partial charge in [0.15, 0.2) is 4.34 Å². The van der Waals surface area contributed by atoms with E-state index in [0.29, 0.717) is 0 Å². The summed E-state index contributed by atoms with van der Waals surface area (Å²) in [5.74, 6) is 1.56. The van der Waals surface area contributed by atoms with Crippen LogP contribution in [0.3, 0.4) is 0 Å². The molecule has 7 heteroatoms. The van der Waals surface area contributed by atoms with Crippen LogP contribution in [0.1, 0.15) is 6.92 Å². The average molecular weight is 306 g/mol. The summed E-state index contributed by atoms with van der Waals surface area (Å²) in [6, 6.07) is 9.81. The fourth-order valence-corrected chi connectivity index (χ4v) is 3.09. The van der Waals surface area contributed by atoms with Gasteiger partial charge in [0.2, 0.25) is 5.13 Å². The number of benzene rings is 1. The van der Waals surface area contributed by atoms with E-state index in [1.165, 1.54) is 11.3 Å². The van der Waals surface area contributed by atoms with Gasteiger partial charge >= 0.3 is 0 Å². The molecule has 0 aliphatic heterocycles. The van der Waals surface area contributed by atoms with Crippen LogP contribution in [0.5, 0.6) is 5.75 Å². The molecule has 5 nitrogen and oxygen atoms in total. The summed E-state index contributed by atoms with van der Waals surface area (Å²) in [7, 11) is 1.64. The van der Waals surface area contributed by atoms with Gasteiger partial charge in [-0.05, 0) is 31.2 Å². The third-order valence-electron chi connectivity index (χ3n) is 2.42. The van der Waals surface area contributed by atoms with Gasteiger partial charge in [0.1, 0.15) is 5.75 Å². The van der Waals surface area contributed by atoms with Crippen molar-refractivity contribution >= 4 is 33.9 Å². The van der Waals surface area contributed by atoms with E-state index in [1.54, 1.807) is 18.9 Å². The molecule has 104 valence electrons. The molecule has 0 fully saturated rings. The van der Waals surface area contributed by atoms with Gasteiger partial charge in [0.05, 0.1) is 19.1 Å². The Balaban J connectivity index is 1.93. The summed E-state index contributed by atoms with van der Waals surface area (Å²) in [5, 5.41) is 20.8. The maximum absolute atomic E-state index is 8.74. The molecule has 0 saturated carbocycles. The Labute approximate surface area is 126 Å². The first-order valence-corrected chi connectivity index (χ1v) is 7.78. The lowest BCUT2D eigenvalue weighted by atomic mass is 10.3. The predicted molar refractivity (Wildman–Crippen MR) is 81.7 cm³/mol. The normalized spacial score (nSPS) is 11.7. The van der Waals surface area contributed by atoms with Crippen LogP contribution in [0.15, 0.2) is 28.6 Å². The Morgan fingerprint density at radius 2 is 2.15 bits per heavy atom. The molecule has 0 saturated heterocycles. The maximum Gasteiger partial charge on any atom is 0.210 e. The monoisotopic (exact) mass is 306 g/mol. The Morgan fingerprint density at radius 3 is 2.80 bits per heavy atom. The van der Waals surface area contributed by atoms with Crippen LogP contribution in [-0.4, -0.2) is 23.1 Å². The number of aromatic nitrogens is 2. The third-order valence-corrected chi connectivity index (χ3v) is 4.66. The van der Waals surface area contributed by atoms with Gasteiger partial charge in [-0.15, -0.1) is 10.2 Å². The van der Waals surface area contributed by atoms with Crippen LogP contribution in [0, 0.1) is 17.2 Å². The lowest BCUT2D eigenvalue weighted by Gasteiger charge is -2.03. The van der Waals surface area contributed by atoms with Gasteiger partial charge in [-0.2, -0.15) is 5.26 Å². The Hall–Kier alpha value is -1.78. The molecule has 0 aliphatic carbocycles. The molecule has 0 radical (unpaired) electrons. The second-order valence-corrected chi connectivity index (χ2v) is 6.31. The van der Waals surface area contributed by atoms with Gasteiger partial charge < -0.3 is 10.1 Å². The Kier molecular flexibility index (Phi) is 5.21. The highest BCUT2D eigenvalue weighted by atomic mass is 32.2. The molecule has 1 aromatic heterocycles. The van der Waals surface area contributed by atoms with E-state index in [4.69, 9.17) is 10.00 Å². The number of methoxy groups -OCH3 is 1. The summed E-state index contributed by atoms with van der Waals surface area (Å²) >= 11 is 3.03. The predicted octanol–water partition coefficient (Wildman–Crippen LogP) is 3.54. The van der Waals surface area contributed by atoms with Crippen LogP contribution in [0.2, 0.25) is 0 Å². The molecule has 1 N–H and O–H groups in total. The fraction of sp³-hybridized carbons (Fsp3) is 0.308. The zero-order valence-electron chi connectivity index (χ0n) is 11.2. The summed E-state index contributed by atoms with van der Waals surface area (Å²) in [6.07, 6.45) is 0. The van der Waals surface area contributed by atoms with Crippen molar-refractivity contribution in [2.75, 3.05) is 18.2 Å². The summed E-state index contributed by atoms with van der Waals surface area (Å²) in [5.41, 5.74) is 0.934. The molecule has 1 heterocycles. The number of anilines is 2. The second-order valence-electron chi connectivity index (χ2n) is 4.07. The smallest absolute Gasteiger partial charge is 0.210 e. The van der Waals surface area contributed by atoms with Gasteiger partial charge in [-0.3, -0.25) is 0 Å². The highest BCUT2D eigenvalue weighted by molar-refractivity contribution is 8.01. The van der Waals surface area contributed by atoms with Crippen molar-refractivity contribution in [2.24, 2.45) is 5.92 Å². The molecule has 1 atom stereocenters. The Bertz CT molecular complexity index is 591. The minimum atomic E-state index is 0.0156. The first-order valence-electron chi connectivity index (χ1n) is 5.98. The van der Waals surface area contributed by atoms with Crippen molar-refractivity contribution < 1.29 is 4.74 Å². The average Bonchev–Trinajstić information content (AvgIpc) is 2.93.